The average Bonchev–Trinajstić information content (AvgIpc) is 2.73. The molecule has 1 atom stereocenters. The van der Waals surface area contributed by atoms with Crippen LogP contribution < -0.4 is 0 Å². The third kappa shape index (κ3) is 4.96. The molecule has 1 heterocycles. The molecule has 0 radical (unpaired) electrons. The summed E-state index contributed by atoms with van der Waals surface area (Å²) in [7, 11) is 0. The van der Waals surface area contributed by atoms with Crippen molar-refractivity contribution in [3.8, 4) is 0 Å². The van der Waals surface area contributed by atoms with E-state index in [0.29, 0.717) is 18.0 Å². The number of carboxylic acid groups (broad SMARTS) is 1. The number of carboxylic acids is 1. The number of carbonyl (C=O) groups is 2. The first-order chi connectivity index (χ1) is 8.73. The normalized spacial score (nSPS) is 19.6. The third-order valence-corrected chi connectivity index (χ3v) is 3.10. The number of halogens is 3. The van der Waals surface area contributed by atoms with E-state index in [0.717, 1.165) is 12.8 Å². The molecule has 0 aromatic rings. The number of carbonyl (C=O) groups excluding carboxylic acids is 1. The summed E-state index contributed by atoms with van der Waals surface area (Å²) in [6.07, 6.45) is -3.01. The Morgan fingerprint density at radius 2 is 2.05 bits per heavy atom. The zero-order valence-corrected chi connectivity index (χ0v) is 10.6. The zero-order valence-electron chi connectivity index (χ0n) is 10.6. The number of hydrogen-bond donors (Lipinski definition) is 1. The van der Waals surface area contributed by atoms with E-state index in [-0.39, 0.29) is 5.92 Å². The molecule has 5 nitrogen and oxygen atoms in total. The summed E-state index contributed by atoms with van der Waals surface area (Å²) in [6, 6.07) is -0.851. The van der Waals surface area contributed by atoms with Gasteiger partial charge in [0.05, 0.1) is 0 Å². The van der Waals surface area contributed by atoms with Gasteiger partial charge in [0.2, 0.25) is 0 Å². The highest BCUT2D eigenvalue weighted by molar-refractivity contribution is 5.80. The van der Waals surface area contributed by atoms with Crippen molar-refractivity contribution in [2.45, 2.75) is 25.9 Å². The molecule has 0 aromatic carbocycles. The van der Waals surface area contributed by atoms with E-state index in [4.69, 9.17) is 5.11 Å². The first kappa shape index (κ1) is 15.6. The highest BCUT2D eigenvalue weighted by Gasteiger charge is 2.37. The number of nitrogens with zero attached hydrogens (tertiary/aromatic N) is 2. The average molecular weight is 282 g/mol. The molecule has 110 valence electrons. The minimum absolute atomic E-state index is 0.279. The lowest BCUT2D eigenvalue weighted by Crippen LogP contribution is -2.48. The topological polar surface area (TPSA) is 60.9 Å². The molecular formula is C11H17F3N2O3. The Kier molecular flexibility index (Phi) is 5.02. The van der Waals surface area contributed by atoms with Gasteiger partial charge in [-0.05, 0) is 12.3 Å². The summed E-state index contributed by atoms with van der Waals surface area (Å²) in [5, 5.41) is 8.59. The summed E-state index contributed by atoms with van der Waals surface area (Å²) in [5.41, 5.74) is 0. The van der Waals surface area contributed by atoms with Crippen molar-refractivity contribution in [3.05, 3.63) is 0 Å². The van der Waals surface area contributed by atoms with Crippen LogP contribution in [-0.4, -0.2) is 59.3 Å². The molecule has 1 N–H and O–H groups in total. The summed E-state index contributed by atoms with van der Waals surface area (Å²) >= 11 is 0. The monoisotopic (exact) mass is 282 g/mol. The lowest BCUT2D eigenvalue weighted by Gasteiger charge is -2.27. The van der Waals surface area contributed by atoms with Gasteiger partial charge in [0.15, 0.2) is 0 Å². The highest BCUT2D eigenvalue weighted by Crippen LogP contribution is 2.22. The van der Waals surface area contributed by atoms with Gasteiger partial charge < -0.3 is 14.9 Å². The number of likely N-dealkylation sites (tertiary alicyclic amines) is 1. The summed E-state index contributed by atoms with van der Waals surface area (Å²) in [6.45, 7) is 0.245. The minimum Gasteiger partial charge on any atom is -0.480 e. The molecule has 0 spiro atoms. The van der Waals surface area contributed by atoms with Crippen molar-refractivity contribution in [1.29, 1.82) is 0 Å². The van der Waals surface area contributed by atoms with Crippen molar-refractivity contribution in [1.82, 2.24) is 9.80 Å². The number of amides is 2. The fourth-order valence-corrected chi connectivity index (χ4v) is 2.11. The molecule has 0 aromatic heterocycles. The maximum absolute atomic E-state index is 12.3. The Morgan fingerprint density at radius 1 is 1.42 bits per heavy atom. The molecule has 0 bridgehead atoms. The molecule has 1 aliphatic heterocycles. The molecule has 8 heteroatoms. The Balaban J connectivity index is 2.69. The van der Waals surface area contributed by atoms with Crippen molar-refractivity contribution < 1.29 is 27.9 Å². The molecule has 1 unspecified atom stereocenters. The van der Waals surface area contributed by atoms with Gasteiger partial charge in [-0.3, -0.25) is 4.79 Å². The van der Waals surface area contributed by atoms with Crippen LogP contribution in [0.4, 0.5) is 18.0 Å². The molecule has 19 heavy (non-hydrogen) atoms. The Morgan fingerprint density at radius 3 is 2.47 bits per heavy atom. The lowest BCUT2D eigenvalue weighted by molar-refractivity contribution is -0.149. The van der Waals surface area contributed by atoms with Crippen LogP contribution in [0.5, 0.6) is 0 Å². The SMILES string of the molecule is CCC1CCN(C(=O)N(CC(=O)O)CC(F)(F)F)C1. The van der Waals surface area contributed by atoms with Crippen LogP contribution in [0.25, 0.3) is 0 Å². The molecule has 1 saturated heterocycles. The molecule has 0 aliphatic carbocycles. The van der Waals surface area contributed by atoms with E-state index >= 15 is 0 Å². The Hall–Kier alpha value is -1.47. The summed E-state index contributed by atoms with van der Waals surface area (Å²) < 4.78 is 37.0. The van der Waals surface area contributed by atoms with Gasteiger partial charge in [-0.2, -0.15) is 13.2 Å². The second-order valence-electron chi connectivity index (χ2n) is 4.66. The Labute approximate surface area is 109 Å². The van der Waals surface area contributed by atoms with Crippen molar-refractivity contribution in [2.75, 3.05) is 26.2 Å². The van der Waals surface area contributed by atoms with Gasteiger partial charge in [-0.25, -0.2) is 4.79 Å². The van der Waals surface area contributed by atoms with Gasteiger partial charge in [0.1, 0.15) is 13.1 Å². The van der Waals surface area contributed by atoms with Crippen LogP contribution in [0.3, 0.4) is 0 Å². The maximum atomic E-state index is 12.3. The van der Waals surface area contributed by atoms with Crippen molar-refractivity contribution >= 4 is 12.0 Å². The van der Waals surface area contributed by atoms with E-state index in [1.807, 2.05) is 6.92 Å². The van der Waals surface area contributed by atoms with E-state index in [1.54, 1.807) is 0 Å². The highest BCUT2D eigenvalue weighted by atomic mass is 19.4. The summed E-state index contributed by atoms with van der Waals surface area (Å²) in [4.78, 5) is 24.1. The largest absolute Gasteiger partial charge is 0.480 e. The first-order valence-corrected chi connectivity index (χ1v) is 6.05. The quantitative estimate of drug-likeness (QED) is 0.855. The van der Waals surface area contributed by atoms with Gasteiger partial charge in [-0.15, -0.1) is 0 Å². The van der Waals surface area contributed by atoms with Crippen LogP contribution in [0.2, 0.25) is 0 Å². The van der Waals surface area contributed by atoms with Crippen molar-refractivity contribution in [2.24, 2.45) is 5.92 Å². The molecule has 1 aliphatic rings. The van der Waals surface area contributed by atoms with E-state index in [1.165, 1.54) is 4.90 Å². The second kappa shape index (κ2) is 6.12. The number of hydrogen-bond acceptors (Lipinski definition) is 2. The fourth-order valence-electron chi connectivity index (χ4n) is 2.11. The maximum Gasteiger partial charge on any atom is 0.406 e. The third-order valence-electron chi connectivity index (χ3n) is 3.10. The molecule has 1 rings (SSSR count). The Bertz CT molecular complexity index is 347. The van der Waals surface area contributed by atoms with E-state index in [9.17, 15) is 22.8 Å². The number of aliphatic carboxylic acids is 1. The van der Waals surface area contributed by atoms with E-state index in [2.05, 4.69) is 0 Å². The van der Waals surface area contributed by atoms with Gasteiger partial charge in [0, 0.05) is 13.1 Å². The van der Waals surface area contributed by atoms with Crippen LogP contribution >= 0.6 is 0 Å². The van der Waals surface area contributed by atoms with Crippen molar-refractivity contribution in [3.63, 3.8) is 0 Å². The minimum atomic E-state index is -4.60. The van der Waals surface area contributed by atoms with Gasteiger partial charge >= 0.3 is 18.2 Å². The standard InChI is InChI=1S/C11H17F3N2O3/c1-2-8-3-4-15(5-8)10(19)16(6-9(17)18)7-11(12,13)14/h8H,2-7H2,1H3,(H,17,18). The predicted molar refractivity (Wildman–Crippen MR) is 60.6 cm³/mol. The smallest absolute Gasteiger partial charge is 0.406 e. The van der Waals surface area contributed by atoms with Crippen LogP contribution in [0.15, 0.2) is 0 Å². The second-order valence-corrected chi connectivity index (χ2v) is 4.66. The van der Waals surface area contributed by atoms with Crippen LogP contribution in [-0.2, 0) is 4.79 Å². The van der Waals surface area contributed by atoms with Crippen LogP contribution in [0, 0.1) is 5.92 Å². The molecule has 0 saturated carbocycles. The number of alkyl halides is 3. The fraction of sp³-hybridized carbons (Fsp3) is 0.818. The first-order valence-electron chi connectivity index (χ1n) is 6.05. The van der Waals surface area contributed by atoms with E-state index < -0.39 is 31.3 Å². The number of urea groups is 1. The number of rotatable bonds is 4. The molecular weight excluding hydrogens is 265 g/mol. The predicted octanol–water partition coefficient (Wildman–Crippen LogP) is 1.79. The molecule has 2 amide bonds. The molecule has 1 fully saturated rings. The van der Waals surface area contributed by atoms with Gasteiger partial charge in [0.25, 0.3) is 0 Å². The van der Waals surface area contributed by atoms with Crippen LogP contribution in [0.1, 0.15) is 19.8 Å². The van der Waals surface area contributed by atoms with Gasteiger partial charge in [-0.1, -0.05) is 13.3 Å². The zero-order chi connectivity index (χ0) is 14.6. The summed E-state index contributed by atoms with van der Waals surface area (Å²) in [5.74, 6) is -1.18. The lowest BCUT2D eigenvalue weighted by atomic mass is 10.1.